The van der Waals surface area contributed by atoms with Gasteiger partial charge in [0.2, 0.25) is 0 Å². The molecule has 0 radical (unpaired) electrons. The Balaban J connectivity index is 2.31. The van der Waals surface area contributed by atoms with Gasteiger partial charge in [-0.1, -0.05) is 34.6 Å². The summed E-state index contributed by atoms with van der Waals surface area (Å²) in [5.41, 5.74) is -0.823. The summed E-state index contributed by atoms with van der Waals surface area (Å²) < 4.78 is 0. The highest BCUT2D eigenvalue weighted by atomic mass is 16.3. The Morgan fingerprint density at radius 2 is 1.53 bits per heavy atom. The maximum atomic E-state index is 11.3. The Morgan fingerprint density at radius 1 is 1.00 bits per heavy atom. The van der Waals surface area contributed by atoms with Crippen LogP contribution in [0.2, 0.25) is 0 Å². The zero-order valence-electron chi connectivity index (χ0n) is 13.2. The van der Waals surface area contributed by atoms with Crippen LogP contribution in [-0.4, -0.2) is 10.7 Å². The van der Waals surface area contributed by atoms with Crippen LogP contribution in [0.1, 0.15) is 73.1 Å². The molecular formula is C17H29NO. The minimum Gasteiger partial charge on any atom is -0.388 e. The molecule has 2 heteroatoms. The number of hydrogen-bond donors (Lipinski definition) is 1. The van der Waals surface area contributed by atoms with E-state index in [0.29, 0.717) is 5.41 Å². The molecule has 0 bridgehead atoms. The van der Waals surface area contributed by atoms with Crippen molar-refractivity contribution in [3.63, 3.8) is 0 Å². The predicted molar refractivity (Wildman–Crippen MR) is 77.4 cm³/mol. The largest absolute Gasteiger partial charge is 0.388 e. The van der Waals surface area contributed by atoms with Crippen LogP contribution < -0.4 is 0 Å². The lowest BCUT2D eigenvalue weighted by Crippen LogP contribution is -2.52. The van der Waals surface area contributed by atoms with E-state index < -0.39 is 11.0 Å². The van der Waals surface area contributed by atoms with Crippen molar-refractivity contribution in [2.75, 3.05) is 0 Å². The summed E-state index contributed by atoms with van der Waals surface area (Å²) >= 11 is 0. The van der Waals surface area contributed by atoms with Crippen LogP contribution in [0.4, 0.5) is 0 Å². The van der Waals surface area contributed by atoms with Gasteiger partial charge in [-0.25, -0.2) is 0 Å². The molecule has 2 aliphatic rings. The summed E-state index contributed by atoms with van der Waals surface area (Å²) in [7, 11) is 0. The average Bonchev–Trinajstić information content (AvgIpc) is 2.49. The van der Waals surface area contributed by atoms with Gasteiger partial charge in [-0.2, -0.15) is 5.26 Å². The monoisotopic (exact) mass is 263 g/mol. The van der Waals surface area contributed by atoms with Crippen molar-refractivity contribution in [1.82, 2.24) is 0 Å². The molecule has 2 nitrogen and oxygen atoms in total. The van der Waals surface area contributed by atoms with Crippen molar-refractivity contribution >= 4 is 0 Å². The first-order valence-corrected chi connectivity index (χ1v) is 7.70. The van der Waals surface area contributed by atoms with Crippen molar-refractivity contribution < 1.29 is 5.11 Å². The molecule has 2 atom stereocenters. The minimum absolute atomic E-state index is 0.158. The third-order valence-corrected chi connectivity index (χ3v) is 5.92. The van der Waals surface area contributed by atoms with Crippen molar-refractivity contribution in [3.8, 4) is 6.07 Å². The van der Waals surface area contributed by atoms with Crippen molar-refractivity contribution in [3.05, 3.63) is 0 Å². The topological polar surface area (TPSA) is 44.0 Å². The number of nitrogens with zero attached hydrogens (tertiary/aromatic N) is 1. The standard InChI is InChI=1S/C17H29NO/c1-13-10-15(4,5)11-17(13,19)16(12-18)8-6-14(2,3)7-9-16/h13,19H,6-11H2,1-5H3. The first-order chi connectivity index (χ1) is 8.56. The highest BCUT2D eigenvalue weighted by Crippen LogP contribution is 2.60. The van der Waals surface area contributed by atoms with E-state index in [1.54, 1.807) is 0 Å². The van der Waals surface area contributed by atoms with Gasteiger partial charge in [0.25, 0.3) is 0 Å². The van der Waals surface area contributed by atoms with E-state index in [1.165, 1.54) is 0 Å². The molecule has 108 valence electrons. The number of nitriles is 1. The molecule has 0 amide bonds. The van der Waals surface area contributed by atoms with E-state index in [-0.39, 0.29) is 11.3 Å². The lowest BCUT2D eigenvalue weighted by molar-refractivity contribution is -0.110. The Hall–Kier alpha value is -0.550. The van der Waals surface area contributed by atoms with Gasteiger partial charge in [0.15, 0.2) is 0 Å². The van der Waals surface area contributed by atoms with E-state index in [4.69, 9.17) is 0 Å². The van der Waals surface area contributed by atoms with Gasteiger partial charge in [-0.15, -0.1) is 0 Å². The van der Waals surface area contributed by atoms with Crippen molar-refractivity contribution in [1.29, 1.82) is 5.26 Å². The lowest BCUT2D eigenvalue weighted by Gasteiger charge is -2.49. The zero-order chi connectivity index (χ0) is 14.5. The average molecular weight is 263 g/mol. The summed E-state index contributed by atoms with van der Waals surface area (Å²) in [5.74, 6) is 0.225. The predicted octanol–water partition coefficient (Wildman–Crippen LogP) is 4.28. The lowest BCUT2D eigenvalue weighted by atomic mass is 9.56. The number of hydrogen-bond acceptors (Lipinski definition) is 2. The molecule has 0 saturated heterocycles. The van der Waals surface area contributed by atoms with Gasteiger partial charge < -0.3 is 5.11 Å². The maximum absolute atomic E-state index is 11.3. The number of rotatable bonds is 1. The van der Waals surface area contributed by atoms with E-state index in [1.807, 2.05) is 0 Å². The fraction of sp³-hybridized carbons (Fsp3) is 0.941. The third-order valence-electron chi connectivity index (χ3n) is 5.92. The number of aliphatic hydroxyl groups is 1. The van der Waals surface area contributed by atoms with Crippen LogP contribution in [0, 0.1) is 33.5 Å². The van der Waals surface area contributed by atoms with Gasteiger partial charge in [0.1, 0.15) is 0 Å². The molecule has 2 aliphatic carbocycles. The fourth-order valence-electron chi connectivity index (χ4n) is 4.61. The van der Waals surface area contributed by atoms with E-state index in [9.17, 15) is 10.4 Å². The molecule has 0 aromatic heterocycles. The summed E-state index contributed by atoms with van der Waals surface area (Å²) in [6, 6.07) is 2.56. The molecule has 2 fully saturated rings. The smallest absolute Gasteiger partial charge is 0.0863 e. The fourth-order valence-corrected chi connectivity index (χ4v) is 4.61. The Labute approximate surface area is 118 Å². The third kappa shape index (κ3) is 2.31. The summed E-state index contributed by atoms with van der Waals surface area (Å²) in [6.07, 6.45) is 5.61. The maximum Gasteiger partial charge on any atom is 0.0863 e. The Morgan fingerprint density at radius 3 is 1.89 bits per heavy atom. The van der Waals surface area contributed by atoms with Gasteiger partial charge in [-0.05, 0) is 55.3 Å². The highest BCUT2D eigenvalue weighted by molar-refractivity contribution is 5.18. The summed E-state index contributed by atoms with van der Waals surface area (Å²) in [6.45, 7) is 11.1. The SMILES string of the molecule is CC1CC(C)(C)CC1(O)C1(C#N)CCC(C)(C)CC1. The molecule has 2 saturated carbocycles. The van der Waals surface area contributed by atoms with Gasteiger partial charge in [-0.3, -0.25) is 0 Å². The van der Waals surface area contributed by atoms with Crippen molar-refractivity contribution in [2.24, 2.45) is 22.2 Å². The Kier molecular flexibility index (Phi) is 3.30. The van der Waals surface area contributed by atoms with Crippen LogP contribution in [-0.2, 0) is 0 Å². The summed E-state index contributed by atoms with van der Waals surface area (Å²) in [4.78, 5) is 0. The van der Waals surface area contributed by atoms with Gasteiger partial charge in [0, 0.05) is 0 Å². The first kappa shape index (κ1) is 14.9. The molecule has 2 unspecified atom stereocenters. The minimum atomic E-state index is -0.790. The van der Waals surface area contributed by atoms with Crippen LogP contribution in [0.25, 0.3) is 0 Å². The van der Waals surface area contributed by atoms with E-state index in [0.717, 1.165) is 38.5 Å². The van der Waals surface area contributed by atoms with Gasteiger partial charge in [0.05, 0.1) is 17.1 Å². The quantitative estimate of drug-likeness (QED) is 0.767. The second-order valence-electron chi connectivity index (χ2n) is 8.73. The van der Waals surface area contributed by atoms with Gasteiger partial charge >= 0.3 is 0 Å². The second-order valence-corrected chi connectivity index (χ2v) is 8.73. The molecule has 0 aromatic rings. The molecule has 0 aromatic carbocycles. The highest BCUT2D eigenvalue weighted by Gasteiger charge is 2.61. The van der Waals surface area contributed by atoms with E-state index in [2.05, 4.69) is 40.7 Å². The molecule has 2 rings (SSSR count). The molecule has 0 aliphatic heterocycles. The molecule has 1 N–H and O–H groups in total. The molecule has 19 heavy (non-hydrogen) atoms. The summed E-state index contributed by atoms with van der Waals surface area (Å²) in [5, 5.41) is 21.1. The second kappa shape index (κ2) is 4.22. The molecule has 0 spiro atoms. The van der Waals surface area contributed by atoms with Crippen LogP contribution >= 0.6 is 0 Å². The van der Waals surface area contributed by atoms with Crippen LogP contribution in [0.15, 0.2) is 0 Å². The van der Waals surface area contributed by atoms with E-state index >= 15 is 0 Å². The first-order valence-electron chi connectivity index (χ1n) is 7.70. The van der Waals surface area contributed by atoms with Crippen molar-refractivity contribution in [2.45, 2.75) is 78.7 Å². The Bertz CT molecular complexity index is 394. The van der Waals surface area contributed by atoms with Crippen LogP contribution in [0.3, 0.4) is 0 Å². The molecule has 0 heterocycles. The zero-order valence-corrected chi connectivity index (χ0v) is 13.2. The molecular weight excluding hydrogens is 234 g/mol. The van der Waals surface area contributed by atoms with Crippen LogP contribution in [0.5, 0.6) is 0 Å². The normalized spacial score (nSPS) is 39.7.